The second kappa shape index (κ2) is 11.6. The fourth-order valence-corrected chi connectivity index (χ4v) is 3.87. The minimum Gasteiger partial charge on any atom is -0.393 e. The van der Waals surface area contributed by atoms with Crippen LogP contribution in [-0.2, 0) is 6.42 Å². The summed E-state index contributed by atoms with van der Waals surface area (Å²) in [6.45, 7) is 0.148. The maximum atomic E-state index is 10.4. The Morgan fingerprint density at radius 2 is 2.07 bits per heavy atom. The SMILES string of the molecule is [2H]C([2H])([2H])C(O)(CCCCCc1cccc(C(=CC=C2C[C@@H](O)C[C@H](O)C2=C)CCC)c1)C([2H])([2H])[2H]. The average Bonchev–Trinajstić information content (AvgIpc) is 2.77. The summed E-state index contributed by atoms with van der Waals surface area (Å²) in [5.74, 6) is 0. The Kier molecular flexibility index (Phi) is 6.58. The monoisotopic (exact) mass is 418 g/mol. The summed E-state index contributed by atoms with van der Waals surface area (Å²) in [6.07, 6.45) is 7.43. The zero-order chi connectivity index (χ0) is 27.1. The molecular weight excluding hydrogens is 372 g/mol. The summed E-state index contributed by atoms with van der Waals surface area (Å²) in [6, 6.07) is 8.20. The first-order valence-electron chi connectivity index (χ1n) is 14.0. The Morgan fingerprint density at radius 1 is 1.27 bits per heavy atom. The van der Waals surface area contributed by atoms with Crippen LogP contribution in [0.2, 0.25) is 0 Å². The van der Waals surface area contributed by atoms with E-state index >= 15 is 0 Å². The van der Waals surface area contributed by atoms with Crippen molar-refractivity contribution in [2.45, 2.75) is 96.2 Å². The largest absolute Gasteiger partial charge is 0.393 e. The van der Waals surface area contributed by atoms with E-state index in [0.717, 1.165) is 48.0 Å². The molecule has 0 heterocycles. The molecule has 0 radical (unpaired) electrons. The van der Waals surface area contributed by atoms with Crippen molar-refractivity contribution in [3.8, 4) is 0 Å². The summed E-state index contributed by atoms with van der Waals surface area (Å²) in [4.78, 5) is 0. The number of hydrogen-bond acceptors (Lipinski definition) is 3. The van der Waals surface area contributed by atoms with E-state index in [4.69, 9.17) is 8.22 Å². The van der Waals surface area contributed by atoms with Crippen molar-refractivity contribution in [2.75, 3.05) is 0 Å². The van der Waals surface area contributed by atoms with Gasteiger partial charge in [-0.2, -0.15) is 0 Å². The molecule has 1 saturated carbocycles. The lowest BCUT2D eigenvalue weighted by Gasteiger charge is -2.26. The third-order valence-corrected chi connectivity index (χ3v) is 5.57. The van der Waals surface area contributed by atoms with Gasteiger partial charge in [0.25, 0.3) is 0 Å². The number of benzene rings is 1. The van der Waals surface area contributed by atoms with Gasteiger partial charge in [0.15, 0.2) is 0 Å². The lowest BCUT2D eigenvalue weighted by Crippen LogP contribution is -2.26. The Bertz CT molecular complexity index is 932. The summed E-state index contributed by atoms with van der Waals surface area (Å²) in [7, 11) is 0. The molecule has 0 saturated heterocycles. The van der Waals surface area contributed by atoms with E-state index in [1.54, 1.807) is 0 Å². The van der Waals surface area contributed by atoms with Gasteiger partial charge in [0.2, 0.25) is 0 Å². The summed E-state index contributed by atoms with van der Waals surface area (Å²) in [5, 5.41) is 30.5. The van der Waals surface area contributed by atoms with Crippen LogP contribution in [0, 0.1) is 0 Å². The molecule has 0 aromatic heterocycles. The van der Waals surface area contributed by atoms with Crippen LogP contribution in [0.3, 0.4) is 0 Å². The first kappa shape index (κ1) is 16.9. The topological polar surface area (TPSA) is 60.7 Å². The molecule has 3 N–H and O–H groups in total. The Hall–Kier alpha value is -1.68. The first-order valence-corrected chi connectivity index (χ1v) is 11.0. The van der Waals surface area contributed by atoms with Gasteiger partial charge in [0, 0.05) is 14.6 Å². The maximum Gasteiger partial charge on any atom is 0.0811 e. The zero-order valence-electron chi connectivity index (χ0n) is 24.0. The summed E-state index contributed by atoms with van der Waals surface area (Å²) < 4.78 is 44.8. The van der Waals surface area contributed by atoms with E-state index in [2.05, 4.69) is 25.6 Å². The lowest BCUT2D eigenvalue weighted by atomic mass is 9.85. The molecule has 0 unspecified atom stereocenters. The van der Waals surface area contributed by atoms with Crippen LogP contribution < -0.4 is 0 Å². The van der Waals surface area contributed by atoms with E-state index < -0.39 is 31.5 Å². The number of aryl methyl sites for hydroxylation is 1. The van der Waals surface area contributed by atoms with Crippen LogP contribution in [0.1, 0.15) is 91.3 Å². The van der Waals surface area contributed by atoms with Gasteiger partial charge in [-0.3, -0.25) is 0 Å². The molecule has 0 amide bonds. The summed E-state index contributed by atoms with van der Waals surface area (Å²) in [5.41, 5.74) is 2.19. The van der Waals surface area contributed by atoms with Crippen LogP contribution in [0.15, 0.2) is 54.1 Å². The molecule has 0 spiro atoms. The normalized spacial score (nSPS) is 25.8. The predicted molar refractivity (Wildman–Crippen MR) is 126 cm³/mol. The highest BCUT2D eigenvalue weighted by Crippen LogP contribution is 2.29. The first-order chi connectivity index (χ1) is 16.7. The van der Waals surface area contributed by atoms with Gasteiger partial charge in [-0.25, -0.2) is 0 Å². The minimum atomic E-state index is -2.97. The number of aliphatic hydroxyl groups is 3. The quantitative estimate of drug-likeness (QED) is 0.424. The van der Waals surface area contributed by atoms with Gasteiger partial charge in [-0.1, -0.05) is 69.2 Å². The van der Waals surface area contributed by atoms with Crippen LogP contribution in [0.25, 0.3) is 5.57 Å². The van der Waals surface area contributed by atoms with Crippen LogP contribution in [0.5, 0.6) is 0 Å². The number of hydrogen-bond donors (Lipinski definition) is 3. The van der Waals surface area contributed by atoms with E-state index in [9.17, 15) is 15.3 Å². The smallest absolute Gasteiger partial charge is 0.0811 e. The van der Waals surface area contributed by atoms with Crippen molar-refractivity contribution >= 4 is 5.57 Å². The molecule has 30 heavy (non-hydrogen) atoms. The number of unbranched alkanes of at least 4 members (excludes halogenated alkanes) is 2. The highest BCUT2D eigenvalue weighted by Gasteiger charge is 2.24. The number of allylic oxidation sites excluding steroid dienone is 3. The van der Waals surface area contributed by atoms with Crippen LogP contribution >= 0.6 is 0 Å². The molecular formula is C27H40O3. The molecule has 1 aliphatic carbocycles. The third kappa shape index (κ3) is 8.22. The van der Waals surface area contributed by atoms with Gasteiger partial charge in [0.1, 0.15) is 0 Å². The number of aliphatic hydroxyl groups excluding tert-OH is 2. The maximum absolute atomic E-state index is 10.4. The zero-order valence-corrected chi connectivity index (χ0v) is 18.0. The van der Waals surface area contributed by atoms with Crippen molar-refractivity contribution < 1.29 is 23.5 Å². The van der Waals surface area contributed by atoms with Gasteiger partial charge >= 0.3 is 0 Å². The van der Waals surface area contributed by atoms with Gasteiger partial charge in [-0.05, 0) is 73.7 Å². The van der Waals surface area contributed by atoms with Crippen LogP contribution in [-0.4, -0.2) is 33.1 Å². The van der Waals surface area contributed by atoms with Gasteiger partial charge in [-0.15, -0.1) is 0 Å². The molecule has 1 aliphatic rings. The Morgan fingerprint density at radius 3 is 2.80 bits per heavy atom. The summed E-state index contributed by atoms with van der Waals surface area (Å²) >= 11 is 0. The van der Waals surface area contributed by atoms with E-state index in [0.29, 0.717) is 31.3 Å². The standard InChI is InChI=1S/C27H40O3/c1-5-10-22(14-15-23-18-25(28)19-26(29)20(23)2)24-13-9-12-21(17-24)11-7-6-8-16-27(3,4)30/h9,12-15,17,25-26,28-30H,2,5-8,10-11,16,18-19H2,1,3-4H3/t25-,26+/m1/s1/i3D3,4D3. The molecule has 1 aromatic rings. The Balaban J connectivity index is 2.04. The molecule has 166 valence electrons. The minimum absolute atomic E-state index is 0.299. The molecule has 1 fully saturated rings. The molecule has 3 nitrogen and oxygen atoms in total. The fraction of sp³-hybridized carbons (Fsp3) is 0.556. The molecule has 2 atom stereocenters. The second-order valence-corrected chi connectivity index (χ2v) is 8.39. The van der Waals surface area contributed by atoms with E-state index in [1.807, 2.05) is 24.3 Å². The average molecular weight is 419 g/mol. The van der Waals surface area contributed by atoms with Crippen molar-refractivity contribution in [2.24, 2.45) is 0 Å². The van der Waals surface area contributed by atoms with Crippen molar-refractivity contribution in [1.29, 1.82) is 0 Å². The van der Waals surface area contributed by atoms with Crippen molar-refractivity contribution in [1.82, 2.24) is 0 Å². The lowest BCUT2D eigenvalue weighted by molar-refractivity contribution is 0.0680. The van der Waals surface area contributed by atoms with E-state index in [-0.39, 0.29) is 6.42 Å². The van der Waals surface area contributed by atoms with E-state index in [1.165, 1.54) is 0 Å². The Labute approximate surface area is 191 Å². The predicted octanol–water partition coefficient (Wildman–Crippen LogP) is 5.74. The second-order valence-electron chi connectivity index (χ2n) is 8.39. The highest BCUT2D eigenvalue weighted by atomic mass is 16.3. The fourth-order valence-electron chi connectivity index (χ4n) is 3.87. The molecule has 0 bridgehead atoms. The molecule has 1 aromatic carbocycles. The van der Waals surface area contributed by atoms with Crippen molar-refractivity contribution in [3.05, 3.63) is 65.3 Å². The molecule has 0 aliphatic heterocycles. The van der Waals surface area contributed by atoms with Gasteiger partial charge in [0.05, 0.1) is 17.8 Å². The molecule has 2 rings (SSSR count). The van der Waals surface area contributed by atoms with Crippen LogP contribution in [0.4, 0.5) is 0 Å². The molecule has 3 heteroatoms. The third-order valence-electron chi connectivity index (χ3n) is 5.57. The van der Waals surface area contributed by atoms with Crippen molar-refractivity contribution in [3.63, 3.8) is 0 Å². The number of rotatable bonds is 10. The van der Waals surface area contributed by atoms with Gasteiger partial charge < -0.3 is 15.3 Å². The highest BCUT2D eigenvalue weighted by molar-refractivity contribution is 5.68.